The van der Waals surface area contributed by atoms with E-state index in [9.17, 15) is 4.79 Å². The van der Waals surface area contributed by atoms with Gasteiger partial charge in [0.25, 0.3) is 0 Å². The first-order valence-electron chi connectivity index (χ1n) is 7.19. The van der Waals surface area contributed by atoms with E-state index in [0.29, 0.717) is 24.7 Å². The molecule has 1 atom stereocenters. The van der Waals surface area contributed by atoms with Crippen molar-refractivity contribution in [1.29, 1.82) is 0 Å². The number of aryl methyl sites for hydroxylation is 1. The highest BCUT2D eigenvalue weighted by Gasteiger charge is 2.27. The van der Waals surface area contributed by atoms with Crippen molar-refractivity contribution in [2.24, 2.45) is 0 Å². The Kier molecular flexibility index (Phi) is 3.94. The third-order valence-corrected chi connectivity index (χ3v) is 3.76. The Morgan fingerprint density at radius 1 is 1.52 bits per heavy atom. The number of amides is 1. The number of hydrogen-bond acceptors (Lipinski definition) is 5. The van der Waals surface area contributed by atoms with Crippen LogP contribution in [0.5, 0.6) is 0 Å². The number of nitrogens with zero attached hydrogens (tertiary/aromatic N) is 4. The van der Waals surface area contributed by atoms with Crippen molar-refractivity contribution in [2.45, 2.75) is 32.1 Å². The van der Waals surface area contributed by atoms with Gasteiger partial charge in [-0.15, -0.1) is 0 Å². The van der Waals surface area contributed by atoms with Crippen LogP contribution in [-0.2, 0) is 11.2 Å². The van der Waals surface area contributed by atoms with Crippen LogP contribution in [0.1, 0.15) is 36.0 Å². The second-order valence-electron chi connectivity index (χ2n) is 5.39. The third-order valence-electron chi connectivity index (χ3n) is 3.76. The lowest BCUT2D eigenvalue weighted by molar-refractivity contribution is -0.131. The van der Waals surface area contributed by atoms with Gasteiger partial charge in [0.15, 0.2) is 5.82 Å². The molecule has 3 heterocycles. The molecule has 21 heavy (non-hydrogen) atoms. The topological polar surface area (TPSA) is 72.1 Å². The van der Waals surface area contributed by atoms with Gasteiger partial charge in [-0.05, 0) is 24.5 Å². The van der Waals surface area contributed by atoms with Gasteiger partial charge in [0.2, 0.25) is 11.8 Å². The first-order valence-corrected chi connectivity index (χ1v) is 7.19. The molecule has 1 aliphatic heterocycles. The van der Waals surface area contributed by atoms with Gasteiger partial charge in [-0.2, -0.15) is 4.98 Å². The SMILES string of the molecule is Cc1nc([C@H]2CCCN(C(=O)Cc3cccnc3)C2)no1. The summed E-state index contributed by atoms with van der Waals surface area (Å²) in [6, 6.07) is 3.78. The maximum atomic E-state index is 12.4. The minimum Gasteiger partial charge on any atom is -0.342 e. The summed E-state index contributed by atoms with van der Waals surface area (Å²) in [6.07, 6.45) is 5.81. The number of rotatable bonds is 3. The summed E-state index contributed by atoms with van der Waals surface area (Å²) in [6.45, 7) is 3.25. The zero-order chi connectivity index (χ0) is 14.7. The smallest absolute Gasteiger partial charge is 0.227 e. The number of carbonyl (C=O) groups is 1. The van der Waals surface area contributed by atoms with E-state index in [2.05, 4.69) is 15.1 Å². The summed E-state index contributed by atoms with van der Waals surface area (Å²) in [7, 11) is 0. The molecule has 0 N–H and O–H groups in total. The Morgan fingerprint density at radius 2 is 2.43 bits per heavy atom. The van der Waals surface area contributed by atoms with Crippen LogP contribution in [0.3, 0.4) is 0 Å². The van der Waals surface area contributed by atoms with Crippen molar-refractivity contribution < 1.29 is 9.32 Å². The van der Waals surface area contributed by atoms with E-state index in [4.69, 9.17) is 4.52 Å². The molecule has 3 rings (SSSR count). The zero-order valence-corrected chi connectivity index (χ0v) is 12.0. The molecule has 110 valence electrons. The lowest BCUT2D eigenvalue weighted by Crippen LogP contribution is -2.40. The molecule has 0 aliphatic carbocycles. The van der Waals surface area contributed by atoms with Gasteiger partial charge in [-0.25, -0.2) is 0 Å². The number of piperidine rings is 1. The lowest BCUT2D eigenvalue weighted by Gasteiger charge is -2.31. The molecule has 1 fully saturated rings. The fourth-order valence-electron chi connectivity index (χ4n) is 2.68. The molecule has 1 aliphatic rings. The molecule has 1 saturated heterocycles. The summed E-state index contributed by atoms with van der Waals surface area (Å²) in [4.78, 5) is 22.6. The average molecular weight is 286 g/mol. The largest absolute Gasteiger partial charge is 0.342 e. The molecular formula is C15H18N4O2. The lowest BCUT2D eigenvalue weighted by atomic mass is 9.97. The molecular weight excluding hydrogens is 268 g/mol. The average Bonchev–Trinajstić information content (AvgIpc) is 2.95. The van der Waals surface area contributed by atoms with Crippen molar-refractivity contribution in [3.63, 3.8) is 0 Å². The Hall–Kier alpha value is -2.24. The number of carbonyl (C=O) groups excluding carboxylic acids is 1. The van der Waals surface area contributed by atoms with Crippen molar-refractivity contribution in [3.8, 4) is 0 Å². The van der Waals surface area contributed by atoms with Gasteiger partial charge in [-0.1, -0.05) is 11.2 Å². The Bertz CT molecular complexity index is 611. The third kappa shape index (κ3) is 3.26. The predicted octanol–water partition coefficient (Wildman–Crippen LogP) is 1.72. The van der Waals surface area contributed by atoms with Gasteiger partial charge in [0.05, 0.1) is 6.42 Å². The Balaban J connectivity index is 1.64. The molecule has 0 unspecified atom stereocenters. The molecule has 0 aromatic carbocycles. The molecule has 1 amide bonds. The molecule has 2 aromatic rings. The van der Waals surface area contributed by atoms with Crippen LogP contribution >= 0.6 is 0 Å². The first-order chi connectivity index (χ1) is 10.2. The van der Waals surface area contributed by atoms with E-state index >= 15 is 0 Å². The molecule has 6 nitrogen and oxygen atoms in total. The van der Waals surface area contributed by atoms with Crippen molar-refractivity contribution in [3.05, 3.63) is 41.8 Å². The van der Waals surface area contributed by atoms with E-state index in [1.807, 2.05) is 17.0 Å². The molecule has 0 saturated carbocycles. The van der Waals surface area contributed by atoms with Crippen LogP contribution < -0.4 is 0 Å². The maximum absolute atomic E-state index is 12.4. The Labute approximate surface area is 123 Å². The fraction of sp³-hybridized carbons (Fsp3) is 0.467. The van der Waals surface area contributed by atoms with E-state index < -0.39 is 0 Å². The van der Waals surface area contributed by atoms with Gasteiger partial charge < -0.3 is 9.42 Å². The van der Waals surface area contributed by atoms with Crippen LogP contribution in [0.15, 0.2) is 29.0 Å². The highest BCUT2D eigenvalue weighted by molar-refractivity contribution is 5.78. The number of likely N-dealkylation sites (tertiary alicyclic amines) is 1. The van der Waals surface area contributed by atoms with Gasteiger partial charge in [0, 0.05) is 38.3 Å². The van der Waals surface area contributed by atoms with Crippen molar-refractivity contribution in [2.75, 3.05) is 13.1 Å². The summed E-state index contributed by atoms with van der Waals surface area (Å²) >= 11 is 0. The van der Waals surface area contributed by atoms with Crippen LogP contribution in [0.2, 0.25) is 0 Å². The van der Waals surface area contributed by atoms with Gasteiger partial charge >= 0.3 is 0 Å². The second-order valence-corrected chi connectivity index (χ2v) is 5.39. The maximum Gasteiger partial charge on any atom is 0.227 e. The normalized spacial score (nSPS) is 18.7. The van der Waals surface area contributed by atoms with E-state index in [1.54, 1.807) is 19.3 Å². The van der Waals surface area contributed by atoms with E-state index in [0.717, 1.165) is 24.9 Å². The minimum absolute atomic E-state index is 0.132. The molecule has 0 bridgehead atoms. The van der Waals surface area contributed by atoms with Crippen LogP contribution in [-0.4, -0.2) is 39.0 Å². The monoisotopic (exact) mass is 286 g/mol. The highest BCUT2D eigenvalue weighted by Crippen LogP contribution is 2.25. The van der Waals surface area contributed by atoms with E-state index in [1.165, 1.54) is 0 Å². The second kappa shape index (κ2) is 6.03. The van der Waals surface area contributed by atoms with Gasteiger partial charge in [-0.3, -0.25) is 9.78 Å². The summed E-state index contributed by atoms with van der Waals surface area (Å²) in [5.74, 6) is 1.59. The molecule has 0 spiro atoms. The summed E-state index contributed by atoms with van der Waals surface area (Å²) in [5.41, 5.74) is 0.944. The molecule has 6 heteroatoms. The number of aromatic nitrogens is 3. The van der Waals surface area contributed by atoms with Crippen LogP contribution in [0, 0.1) is 6.92 Å². The van der Waals surface area contributed by atoms with Crippen molar-refractivity contribution in [1.82, 2.24) is 20.0 Å². The number of pyridine rings is 1. The Morgan fingerprint density at radius 3 is 3.14 bits per heavy atom. The standard InChI is InChI=1S/C15H18N4O2/c1-11-17-15(18-21-11)13-5-3-7-19(10-13)14(20)8-12-4-2-6-16-9-12/h2,4,6,9,13H,3,5,7-8,10H2,1H3/t13-/m0/s1. The van der Waals surface area contributed by atoms with Crippen LogP contribution in [0.25, 0.3) is 0 Å². The van der Waals surface area contributed by atoms with Gasteiger partial charge in [0.1, 0.15) is 0 Å². The summed E-state index contributed by atoms with van der Waals surface area (Å²) in [5, 5.41) is 3.98. The minimum atomic E-state index is 0.132. The molecule has 0 radical (unpaired) electrons. The highest BCUT2D eigenvalue weighted by atomic mass is 16.5. The van der Waals surface area contributed by atoms with Crippen LogP contribution in [0.4, 0.5) is 0 Å². The zero-order valence-electron chi connectivity index (χ0n) is 12.0. The quantitative estimate of drug-likeness (QED) is 0.859. The first kappa shape index (κ1) is 13.7. The van der Waals surface area contributed by atoms with Crippen molar-refractivity contribution >= 4 is 5.91 Å². The van der Waals surface area contributed by atoms with E-state index in [-0.39, 0.29) is 11.8 Å². The number of hydrogen-bond donors (Lipinski definition) is 0. The predicted molar refractivity (Wildman–Crippen MR) is 75.5 cm³/mol. The molecule has 2 aromatic heterocycles. The summed E-state index contributed by atoms with van der Waals surface area (Å²) < 4.78 is 5.04. The fourth-order valence-corrected chi connectivity index (χ4v) is 2.68.